The second-order valence-electron chi connectivity index (χ2n) is 4.67. The summed E-state index contributed by atoms with van der Waals surface area (Å²) in [4.78, 5) is 0. The zero-order valence-electron chi connectivity index (χ0n) is 9.63. The summed E-state index contributed by atoms with van der Waals surface area (Å²) in [6.45, 7) is 4.48. The van der Waals surface area contributed by atoms with Gasteiger partial charge in [0.2, 0.25) is 0 Å². The highest BCUT2D eigenvalue weighted by Gasteiger charge is 2.28. The van der Waals surface area contributed by atoms with Crippen molar-refractivity contribution < 1.29 is 4.39 Å². The first-order chi connectivity index (χ1) is 7.38. The molecule has 0 heterocycles. The van der Waals surface area contributed by atoms with E-state index in [-0.39, 0.29) is 11.2 Å². The van der Waals surface area contributed by atoms with Crippen molar-refractivity contribution in [3.63, 3.8) is 0 Å². The molecule has 16 heavy (non-hydrogen) atoms. The van der Waals surface area contributed by atoms with E-state index in [0.717, 1.165) is 6.42 Å². The van der Waals surface area contributed by atoms with Crippen LogP contribution < -0.4 is 11.5 Å². The van der Waals surface area contributed by atoms with Gasteiger partial charge in [-0.25, -0.2) is 4.39 Å². The van der Waals surface area contributed by atoms with E-state index >= 15 is 0 Å². The van der Waals surface area contributed by atoms with E-state index in [1.807, 2.05) is 13.8 Å². The number of nitrogens with two attached hydrogens (primary N) is 2. The number of benzene rings is 1. The number of hydrogen-bond acceptors (Lipinski definition) is 2. The molecule has 0 aliphatic heterocycles. The molecule has 0 aliphatic rings. The van der Waals surface area contributed by atoms with Crippen molar-refractivity contribution in [2.45, 2.75) is 26.3 Å². The fraction of sp³-hybridized carbons (Fsp3) is 0.500. The van der Waals surface area contributed by atoms with Crippen molar-refractivity contribution >= 4 is 11.6 Å². The molecule has 0 aliphatic carbocycles. The van der Waals surface area contributed by atoms with Crippen LogP contribution in [0, 0.1) is 11.2 Å². The van der Waals surface area contributed by atoms with Gasteiger partial charge in [0.25, 0.3) is 0 Å². The van der Waals surface area contributed by atoms with E-state index in [0.29, 0.717) is 17.1 Å². The third-order valence-corrected chi connectivity index (χ3v) is 3.16. The van der Waals surface area contributed by atoms with Gasteiger partial charge in [0.1, 0.15) is 5.82 Å². The monoisotopic (exact) mass is 244 g/mol. The molecule has 2 nitrogen and oxygen atoms in total. The predicted octanol–water partition coefficient (Wildman–Crippen LogP) is 2.85. The number of halogens is 2. The van der Waals surface area contributed by atoms with Crippen LogP contribution in [0.5, 0.6) is 0 Å². The van der Waals surface area contributed by atoms with Gasteiger partial charge in [-0.2, -0.15) is 0 Å². The van der Waals surface area contributed by atoms with E-state index < -0.39 is 6.04 Å². The van der Waals surface area contributed by atoms with Crippen molar-refractivity contribution in [1.82, 2.24) is 0 Å². The second kappa shape index (κ2) is 5.13. The molecule has 0 saturated carbocycles. The highest BCUT2D eigenvalue weighted by atomic mass is 35.5. The van der Waals surface area contributed by atoms with Crippen LogP contribution >= 0.6 is 11.6 Å². The minimum Gasteiger partial charge on any atom is -0.330 e. The lowest BCUT2D eigenvalue weighted by molar-refractivity contribution is 0.266. The summed E-state index contributed by atoms with van der Waals surface area (Å²) in [5, 5.41) is 0.496. The zero-order chi connectivity index (χ0) is 12.3. The van der Waals surface area contributed by atoms with Crippen molar-refractivity contribution in [2.75, 3.05) is 6.54 Å². The van der Waals surface area contributed by atoms with Gasteiger partial charge in [-0.05, 0) is 36.6 Å². The second-order valence-corrected chi connectivity index (χ2v) is 5.11. The Morgan fingerprint density at radius 2 is 2.06 bits per heavy atom. The van der Waals surface area contributed by atoms with Gasteiger partial charge in [-0.1, -0.05) is 25.4 Å². The lowest BCUT2D eigenvalue weighted by Gasteiger charge is -2.31. The van der Waals surface area contributed by atoms with Gasteiger partial charge in [0, 0.05) is 16.6 Å². The molecule has 0 saturated heterocycles. The molecule has 0 aromatic heterocycles. The maximum absolute atomic E-state index is 13.6. The van der Waals surface area contributed by atoms with E-state index in [1.54, 1.807) is 6.07 Å². The molecule has 0 bridgehead atoms. The summed E-state index contributed by atoms with van der Waals surface area (Å²) in [6, 6.07) is 4.04. The third-order valence-electron chi connectivity index (χ3n) is 2.92. The molecule has 1 aromatic rings. The highest BCUT2D eigenvalue weighted by molar-refractivity contribution is 6.30. The Labute approximate surface area is 101 Å². The van der Waals surface area contributed by atoms with Crippen molar-refractivity contribution in [3.8, 4) is 0 Å². The smallest absolute Gasteiger partial charge is 0.128 e. The summed E-state index contributed by atoms with van der Waals surface area (Å²) in [6.07, 6.45) is 0.736. The van der Waals surface area contributed by atoms with Crippen LogP contribution in [0.2, 0.25) is 5.02 Å². The highest BCUT2D eigenvalue weighted by Crippen LogP contribution is 2.35. The minimum atomic E-state index is -0.408. The molecule has 0 spiro atoms. The first kappa shape index (κ1) is 13.4. The summed E-state index contributed by atoms with van der Waals surface area (Å²) in [5.41, 5.74) is 11.8. The van der Waals surface area contributed by atoms with Crippen LogP contribution in [-0.4, -0.2) is 6.54 Å². The largest absolute Gasteiger partial charge is 0.330 e. The van der Waals surface area contributed by atoms with Crippen LogP contribution in [-0.2, 0) is 0 Å². The standard InChI is InChI=1S/C12H18ClFN2/c1-12(2,5-6-15)11(16)9-7-8(13)3-4-10(9)14/h3-4,7,11H,5-6,15-16H2,1-2H3. The van der Waals surface area contributed by atoms with Gasteiger partial charge < -0.3 is 11.5 Å². The van der Waals surface area contributed by atoms with Crippen LogP contribution in [0.3, 0.4) is 0 Å². The molecule has 1 unspecified atom stereocenters. The Hall–Kier alpha value is -0.640. The molecule has 0 fully saturated rings. The Bertz CT molecular complexity index is 366. The maximum Gasteiger partial charge on any atom is 0.128 e. The van der Waals surface area contributed by atoms with E-state index in [1.165, 1.54) is 12.1 Å². The van der Waals surface area contributed by atoms with Gasteiger partial charge in [-0.15, -0.1) is 0 Å². The maximum atomic E-state index is 13.6. The summed E-state index contributed by atoms with van der Waals surface area (Å²) < 4.78 is 13.6. The molecule has 1 aromatic carbocycles. The molecular weight excluding hydrogens is 227 g/mol. The van der Waals surface area contributed by atoms with E-state index in [4.69, 9.17) is 23.1 Å². The van der Waals surface area contributed by atoms with Crippen molar-refractivity contribution in [3.05, 3.63) is 34.6 Å². The topological polar surface area (TPSA) is 52.0 Å². The van der Waals surface area contributed by atoms with Crippen LogP contribution in [0.1, 0.15) is 31.9 Å². The van der Waals surface area contributed by atoms with E-state index in [2.05, 4.69) is 0 Å². The molecule has 1 rings (SSSR count). The summed E-state index contributed by atoms with van der Waals surface area (Å²) in [7, 11) is 0. The molecule has 4 heteroatoms. The van der Waals surface area contributed by atoms with Crippen molar-refractivity contribution in [1.29, 1.82) is 0 Å². The molecule has 90 valence electrons. The molecule has 0 amide bonds. The first-order valence-electron chi connectivity index (χ1n) is 5.29. The van der Waals surface area contributed by atoms with Crippen LogP contribution in [0.4, 0.5) is 4.39 Å². The predicted molar refractivity (Wildman–Crippen MR) is 65.8 cm³/mol. The van der Waals surface area contributed by atoms with Gasteiger partial charge in [0.05, 0.1) is 0 Å². The Kier molecular flexibility index (Phi) is 4.30. The average molecular weight is 245 g/mol. The quantitative estimate of drug-likeness (QED) is 0.856. The third kappa shape index (κ3) is 2.94. The SMILES string of the molecule is CC(C)(CCN)C(N)c1cc(Cl)ccc1F. The fourth-order valence-electron chi connectivity index (χ4n) is 1.70. The molecular formula is C12H18ClFN2. The summed E-state index contributed by atoms with van der Waals surface area (Å²) in [5.74, 6) is -0.318. The Balaban J connectivity index is 3.03. The van der Waals surface area contributed by atoms with Gasteiger partial charge >= 0.3 is 0 Å². The molecule has 1 atom stereocenters. The summed E-state index contributed by atoms with van der Waals surface area (Å²) >= 11 is 5.84. The van der Waals surface area contributed by atoms with E-state index in [9.17, 15) is 4.39 Å². The lowest BCUT2D eigenvalue weighted by Crippen LogP contribution is -2.32. The minimum absolute atomic E-state index is 0.250. The average Bonchev–Trinajstić information content (AvgIpc) is 2.20. The Morgan fingerprint density at radius 1 is 1.44 bits per heavy atom. The van der Waals surface area contributed by atoms with Crippen LogP contribution in [0.25, 0.3) is 0 Å². The number of rotatable bonds is 4. The molecule has 4 N–H and O–H groups in total. The van der Waals surface area contributed by atoms with Crippen LogP contribution in [0.15, 0.2) is 18.2 Å². The zero-order valence-corrected chi connectivity index (χ0v) is 10.4. The van der Waals surface area contributed by atoms with Crippen molar-refractivity contribution in [2.24, 2.45) is 16.9 Å². The van der Waals surface area contributed by atoms with Gasteiger partial charge in [-0.3, -0.25) is 0 Å². The first-order valence-corrected chi connectivity index (χ1v) is 5.67. The molecule has 0 radical (unpaired) electrons. The van der Waals surface area contributed by atoms with Gasteiger partial charge in [0.15, 0.2) is 0 Å². The fourth-order valence-corrected chi connectivity index (χ4v) is 1.88. The lowest BCUT2D eigenvalue weighted by atomic mass is 9.78. The normalized spacial score (nSPS) is 13.9. The number of hydrogen-bond donors (Lipinski definition) is 2. The Morgan fingerprint density at radius 3 is 2.62 bits per heavy atom.